The van der Waals surface area contributed by atoms with Gasteiger partial charge in [-0.1, -0.05) is 6.58 Å². The number of allylic oxidation sites excluding steroid dienone is 1. The second-order valence-corrected chi connectivity index (χ2v) is 1.84. The van der Waals surface area contributed by atoms with E-state index in [1.165, 1.54) is 0 Å². The van der Waals surface area contributed by atoms with Gasteiger partial charge in [-0.25, -0.2) is 4.39 Å². The quantitative estimate of drug-likeness (QED) is 0.514. The zero-order chi connectivity index (χ0) is 6.57. The molecule has 48 valence electrons. The molecule has 1 nitrogen and oxygen atoms in total. The molecule has 0 aliphatic carbocycles. The molecule has 0 aliphatic rings. The summed E-state index contributed by atoms with van der Waals surface area (Å²) in [4.78, 5) is 0. The zero-order valence-corrected chi connectivity index (χ0v) is 5.28. The van der Waals surface area contributed by atoms with E-state index in [9.17, 15) is 4.39 Å². The van der Waals surface area contributed by atoms with Crippen molar-refractivity contribution in [3.63, 3.8) is 0 Å². The van der Waals surface area contributed by atoms with Crippen LogP contribution in [0.4, 0.5) is 4.39 Å². The molecule has 0 rings (SSSR count). The SMILES string of the molecule is C=C(CF)OC(C)C. The Morgan fingerprint density at radius 3 is 2.38 bits per heavy atom. The van der Waals surface area contributed by atoms with Crippen molar-refractivity contribution >= 4 is 0 Å². The average Bonchev–Trinajstić information content (AvgIpc) is 1.65. The molecule has 0 saturated carbocycles. The summed E-state index contributed by atoms with van der Waals surface area (Å²) in [5.74, 6) is 0.208. The van der Waals surface area contributed by atoms with Gasteiger partial charge in [0.2, 0.25) is 0 Å². The summed E-state index contributed by atoms with van der Waals surface area (Å²) < 4.78 is 16.4. The van der Waals surface area contributed by atoms with Gasteiger partial charge in [-0.2, -0.15) is 0 Å². The van der Waals surface area contributed by atoms with Crippen molar-refractivity contribution in [2.24, 2.45) is 0 Å². The fourth-order valence-electron chi connectivity index (χ4n) is 0.365. The van der Waals surface area contributed by atoms with Gasteiger partial charge < -0.3 is 4.74 Å². The van der Waals surface area contributed by atoms with Crippen molar-refractivity contribution in [3.8, 4) is 0 Å². The molecule has 0 bridgehead atoms. The molecule has 0 aromatic rings. The molecule has 0 aromatic carbocycles. The van der Waals surface area contributed by atoms with Crippen LogP contribution >= 0.6 is 0 Å². The Bertz CT molecular complexity index is 78.6. The van der Waals surface area contributed by atoms with Crippen LogP contribution in [-0.4, -0.2) is 12.8 Å². The number of hydrogen-bond donors (Lipinski definition) is 0. The van der Waals surface area contributed by atoms with Gasteiger partial charge in [-0.15, -0.1) is 0 Å². The normalized spacial score (nSPS) is 9.50. The van der Waals surface area contributed by atoms with Gasteiger partial charge >= 0.3 is 0 Å². The minimum absolute atomic E-state index is 0.0400. The van der Waals surface area contributed by atoms with E-state index >= 15 is 0 Å². The highest BCUT2D eigenvalue weighted by atomic mass is 19.1. The third-order valence-corrected chi connectivity index (χ3v) is 0.551. The summed E-state index contributed by atoms with van der Waals surface area (Å²) >= 11 is 0. The van der Waals surface area contributed by atoms with Crippen molar-refractivity contribution in [2.75, 3.05) is 6.67 Å². The number of rotatable bonds is 3. The highest BCUT2D eigenvalue weighted by Gasteiger charge is 1.94. The molecule has 0 N–H and O–H groups in total. The summed E-state index contributed by atoms with van der Waals surface area (Å²) in [6.07, 6.45) is 0.0400. The first-order chi connectivity index (χ1) is 3.66. The zero-order valence-electron chi connectivity index (χ0n) is 5.28. The standard InChI is InChI=1S/C6H11FO/c1-5(2)8-6(3)4-7/h5H,3-4H2,1-2H3. The van der Waals surface area contributed by atoms with Crippen LogP contribution in [0.1, 0.15) is 13.8 Å². The maximum atomic E-state index is 11.5. The monoisotopic (exact) mass is 118 g/mol. The largest absolute Gasteiger partial charge is 0.493 e. The lowest BCUT2D eigenvalue weighted by atomic mass is 10.5. The average molecular weight is 118 g/mol. The minimum atomic E-state index is -0.585. The van der Waals surface area contributed by atoms with Crippen LogP contribution in [0, 0.1) is 0 Å². The molecule has 2 heteroatoms. The van der Waals surface area contributed by atoms with Crippen molar-refractivity contribution in [1.82, 2.24) is 0 Å². The Morgan fingerprint density at radius 1 is 1.75 bits per heavy atom. The van der Waals surface area contributed by atoms with Crippen LogP contribution in [0.2, 0.25) is 0 Å². The third-order valence-electron chi connectivity index (χ3n) is 0.551. The van der Waals surface area contributed by atoms with Gasteiger partial charge in [-0.3, -0.25) is 0 Å². The first-order valence-corrected chi connectivity index (χ1v) is 2.57. The van der Waals surface area contributed by atoms with Gasteiger partial charge in [0.15, 0.2) is 0 Å². The predicted octanol–water partition coefficient (Wildman–Crippen LogP) is 1.89. The van der Waals surface area contributed by atoms with Crippen molar-refractivity contribution in [3.05, 3.63) is 12.3 Å². The summed E-state index contributed by atoms with van der Waals surface area (Å²) in [6, 6.07) is 0. The number of hydrogen-bond acceptors (Lipinski definition) is 1. The van der Waals surface area contributed by atoms with E-state index < -0.39 is 6.67 Å². The van der Waals surface area contributed by atoms with Gasteiger partial charge in [0.1, 0.15) is 12.4 Å². The molecule has 8 heavy (non-hydrogen) atoms. The van der Waals surface area contributed by atoms with E-state index in [4.69, 9.17) is 4.74 Å². The molecule has 0 aliphatic heterocycles. The number of halogens is 1. The molecule has 0 unspecified atom stereocenters. The van der Waals surface area contributed by atoms with E-state index in [-0.39, 0.29) is 11.9 Å². The van der Waals surface area contributed by atoms with Crippen molar-refractivity contribution in [1.29, 1.82) is 0 Å². The summed E-state index contributed by atoms with van der Waals surface area (Å²) in [7, 11) is 0. The van der Waals surface area contributed by atoms with Crippen molar-refractivity contribution < 1.29 is 9.13 Å². The Hall–Kier alpha value is -0.530. The van der Waals surface area contributed by atoms with Crippen molar-refractivity contribution in [2.45, 2.75) is 20.0 Å². The molecule has 0 fully saturated rings. The summed E-state index contributed by atoms with van der Waals surface area (Å²) in [5, 5.41) is 0. The van der Waals surface area contributed by atoms with Crippen LogP contribution < -0.4 is 0 Å². The fourth-order valence-corrected chi connectivity index (χ4v) is 0.365. The molecule has 0 aromatic heterocycles. The molecule has 0 amide bonds. The van der Waals surface area contributed by atoms with Gasteiger partial charge in [0.05, 0.1) is 6.10 Å². The number of ether oxygens (including phenoxy) is 1. The van der Waals surface area contributed by atoms with E-state index in [2.05, 4.69) is 6.58 Å². The predicted molar refractivity (Wildman–Crippen MR) is 31.3 cm³/mol. The summed E-state index contributed by atoms with van der Waals surface area (Å²) in [6.45, 7) is 6.40. The van der Waals surface area contributed by atoms with Crippen LogP contribution in [0.15, 0.2) is 12.3 Å². The third kappa shape index (κ3) is 3.65. The van der Waals surface area contributed by atoms with E-state index in [0.29, 0.717) is 0 Å². The molecule has 0 radical (unpaired) electrons. The lowest BCUT2D eigenvalue weighted by molar-refractivity contribution is 0.133. The molecule has 0 heterocycles. The highest BCUT2D eigenvalue weighted by molar-refractivity contribution is 4.81. The summed E-state index contributed by atoms with van der Waals surface area (Å²) in [5.41, 5.74) is 0. The second kappa shape index (κ2) is 3.47. The maximum Gasteiger partial charge on any atom is 0.146 e. The van der Waals surface area contributed by atoms with E-state index in [0.717, 1.165) is 0 Å². The first-order valence-electron chi connectivity index (χ1n) is 2.57. The van der Waals surface area contributed by atoms with E-state index in [1.807, 2.05) is 13.8 Å². The Balaban J connectivity index is 3.25. The maximum absolute atomic E-state index is 11.5. The van der Waals surface area contributed by atoms with E-state index in [1.54, 1.807) is 0 Å². The molecule has 0 spiro atoms. The highest BCUT2D eigenvalue weighted by Crippen LogP contribution is 1.98. The first kappa shape index (κ1) is 7.47. The van der Waals surface area contributed by atoms with Gasteiger partial charge in [0.25, 0.3) is 0 Å². The molecule has 0 saturated heterocycles. The van der Waals surface area contributed by atoms with Crippen LogP contribution in [0.5, 0.6) is 0 Å². The van der Waals surface area contributed by atoms with Crippen LogP contribution in [0.3, 0.4) is 0 Å². The Morgan fingerprint density at radius 2 is 2.25 bits per heavy atom. The van der Waals surface area contributed by atoms with Crippen LogP contribution in [-0.2, 0) is 4.74 Å². The number of alkyl halides is 1. The molecular weight excluding hydrogens is 107 g/mol. The smallest absolute Gasteiger partial charge is 0.146 e. The van der Waals surface area contributed by atoms with Gasteiger partial charge in [0, 0.05) is 0 Å². The molecule has 0 atom stereocenters. The molecular formula is C6H11FO. The lowest BCUT2D eigenvalue weighted by Crippen LogP contribution is -2.01. The second-order valence-electron chi connectivity index (χ2n) is 1.84. The Labute approximate surface area is 49.2 Å². The minimum Gasteiger partial charge on any atom is -0.493 e. The lowest BCUT2D eigenvalue weighted by Gasteiger charge is -2.07. The topological polar surface area (TPSA) is 9.23 Å². The van der Waals surface area contributed by atoms with Crippen LogP contribution in [0.25, 0.3) is 0 Å². The van der Waals surface area contributed by atoms with Gasteiger partial charge in [-0.05, 0) is 13.8 Å². The fraction of sp³-hybridized carbons (Fsp3) is 0.667. The Kier molecular flexibility index (Phi) is 3.24.